The van der Waals surface area contributed by atoms with Crippen LogP contribution in [0.15, 0.2) is 24.3 Å². The van der Waals surface area contributed by atoms with Gasteiger partial charge in [-0.3, -0.25) is 0 Å². The first-order valence-electron chi connectivity index (χ1n) is 7.10. The lowest BCUT2D eigenvalue weighted by molar-refractivity contribution is 0.556. The number of benzene rings is 1. The molecule has 19 heavy (non-hydrogen) atoms. The van der Waals surface area contributed by atoms with Crippen molar-refractivity contribution in [3.8, 4) is 0 Å². The van der Waals surface area contributed by atoms with Crippen molar-refractivity contribution in [1.82, 2.24) is 9.69 Å². The molecule has 1 aromatic heterocycles. The topological polar surface area (TPSA) is 28.2 Å². The molecule has 0 saturated carbocycles. The zero-order valence-corrected chi connectivity index (χ0v) is 12.4. The summed E-state index contributed by atoms with van der Waals surface area (Å²) in [6.45, 7) is 6.79. The van der Waals surface area contributed by atoms with Crippen molar-refractivity contribution < 1.29 is 0 Å². The largest absolute Gasteiger partial charge is 0.358 e. The zero-order valence-electron chi connectivity index (χ0n) is 11.6. The molecule has 2 heterocycles. The van der Waals surface area contributed by atoms with Crippen molar-refractivity contribution in [2.24, 2.45) is 0 Å². The summed E-state index contributed by atoms with van der Waals surface area (Å²) < 4.78 is 4.58. The van der Waals surface area contributed by atoms with E-state index >= 15 is 0 Å². The van der Waals surface area contributed by atoms with E-state index in [1.807, 2.05) is 0 Å². The van der Waals surface area contributed by atoms with Gasteiger partial charge in [0.2, 0.25) is 0 Å². The molecule has 1 fully saturated rings. The number of anilines is 1. The molecule has 0 aliphatic carbocycles. The molecule has 1 unspecified atom stereocenters. The van der Waals surface area contributed by atoms with Crippen molar-refractivity contribution in [2.75, 3.05) is 18.0 Å². The Balaban J connectivity index is 1.90. The minimum absolute atomic E-state index is 0.506. The Kier molecular flexibility index (Phi) is 3.71. The van der Waals surface area contributed by atoms with Gasteiger partial charge in [-0.2, -0.15) is 4.37 Å². The molecule has 1 aliphatic heterocycles. The minimum Gasteiger partial charge on any atom is -0.358 e. The van der Waals surface area contributed by atoms with E-state index in [0.29, 0.717) is 12.1 Å². The first kappa shape index (κ1) is 12.9. The van der Waals surface area contributed by atoms with Crippen LogP contribution in [0.5, 0.6) is 0 Å². The summed E-state index contributed by atoms with van der Waals surface area (Å²) in [7, 11) is 0. The van der Waals surface area contributed by atoms with Gasteiger partial charge in [0.05, 0.1) is 5.52 Å². The molecular formula is C15H21N3S. The summed E-state index contributed by atoms with van der Waals surface area (Å²) in [6, 6.07) is 9.58. The maximum Gasteiger partial charge on any atom is 0.120 e. The lowest BCUT2D eigenvalue weighted by Gasteiger charge is -2.30. The van der Waals surface area contributed by atoms with Gasteiger partial charge in [0.15, 0.2) is 0 Å². The van der Waals surface area contributed by atoms with E-state index in [2.05, 4.69) is 52.7 Å². The monoisotopic (exact) mass is 275 g/mol. The van der Waals surface area contributed by atoms with Crippen LogP contribution in [0.25, 0.3) is 10.9 Å². The summed E-state index contributed by atoms with van der Waals surface area (Å²) in [6.07, 6.45) is 2.60. The molecule has 0 radical (unpaired) electrons. The van der Waals surface area contributed by atoms with Gasteiger partial charge in [0.1, 0.15) is 5.00 Å². The highest BCUT2D eigenvalue weighted by Gasteiger charge is 2.22. The summed E-state index contributed by atoms with van der Waals surface area (Å²) in [5, 5.41) is 6.20. The van der Waals surface area contributed by atoms with Crippen LogP contribution in [0.1, 0.15) is 26.7 Å². The minimum atomic E-state index is 0.506. The highest BCUT2D eigenvalue weighted by molar-refractivity contribution is 7.11. The van der Waals surface area contributed by atoms with Crippen molar-refractivity contribution >= 4 is 27.4 Å². The normalized spacial score (nSPS) is 19.4. The molecule has 1 saturated heterocycles. The fourth-order valence-corrected chi connectivity index (χ4v) is 3.77. The van der Waals surface area contributed by atoms with Gasteiger partial charge in [-0.15, -0.1) is 0 Å². The lowest BCUT2D eigenvalue weighted by atomic mass is 10.1. The number of rotatable bonds is 4. The molecule has 0 spiro atoms. The van der Waals surface area contributed by atoms with Gasteiger partial charge >= 0.3 is 0 Å². The Morgan fingerprint density at radius 1 is 1.42 bits per heavy atom. The number of aromatic nitrogens is 1. The Morgan fingerprint density at radius 2 is 2.26 bits per heavy atom. The number of fused-ring (bicyclic) bond motifs is 1. The van der Waals surface area contributed by atoms with Gasteiger partial charge in [0, 0.05) is 24.0 Å². The molecule has 0 bridgehead atoms. The lowest BCUT2D eigenvalue weighted by Crippen LogP contribution is -2.41. The Bertz CT molecular complexity index is 543. The molecule has 1 aliphatic rings. The van der Waals surface area contributed by atoms with Crippen LogP contribution in [0, 0.1) is 0 Å². The van der Waals surface area contributed by atoms with E-state index < -0.39 is 0 Å². The molecule has 102 valence electrons. The Labute approximate surface area is 118 Å². The Hall–Kier alpha value is -1.13. The quantitative estimate of drug-likeness (QED) is 0.928. The van der Waals surface area contributed by atoms with Crippen LogP contribution in [0.3, 0.4) is 0 Å². The third-order valence-corrected chi connectivity index (χ3v) is 4.74. The predicted octanol–water partition coefficient (Wildman–Crippen LogP) is 3.26. The maximum atomic E-state index is 4.58. The number of nitrogens with one attached hydrogen (secondary N) is 1. The van der Waals surface area contributed by atoms with Crippen LogP contribution < -0.4 is 10.2 Å². The summed E-state index contributed by atoms with van der Waals surface area (Å²) in [4.78, 5) is 2.50. The molecule has 4 heteroatoms. The summed E-state index contributed by atoms with van der Waals surface area (Å²) in [5.74, 6) is 0. The highest BCUT2D eigenvalue weighted by atomic mass is 32.1. The smallest absolute Gasteiger partial charge is 0.120 e. The van der Waals surface area contributed by atoms with Gasteiger partial charge in [0.25, 0.3) is 0 Å². The van der Waals surface area contributed by atoms with Gasteiger partial charge in [-0.05, 0) is 56.9 Å². The molecule has 2 aromatic rings. The maximum absolute atomic E-state index is 4.58. The van der Waals surface area contributed by atoms with Crippen molar-refractivity contribution in [2.45, 2.75) is 38.8 Å². The third kappa shape index (κ3) is 2.60. The average molecular weight is 275 g/mol. The number of hydrogen-bond acceptors (Lipinski definition) is 4. The van der Waals surface area contributed by atoms with Gasteiger partial charge in [-0.25, -0.2) is 0 Å². The van der Waals surface area contributed by atoms with E-state index in [0.717, 1.165) is 12.1 Å². The Morgan fingerprint density at radius 3 is 3.00 bits per heavy atom. The van der Waals surface area contributed by atoms with Crippen LogP contribution >= 0.6 is 11.5 Å². The first-order chi connectivity index (χ1) is 9.25. The van der Waals surface area contributed by atoms with Crippen LogP contribution in [-0.2, 0) is 0 Å². The van der Waals surface area contributed by atoms with Crippen molar-refractivity contribution in [3.05, 3.63) is 24.3 Å². The highest BCUT2D eigenvalue weighted by Crippen LogP contribution is 2.32. The number of nitrogens with zero attached hydrogens (tertiary/aromatic N) is 2. The van der Waals surface area contributed by atoms with E-state index in [4.69, 9.17) is 0 Å². The van der Waals surface area contributed by atoms with Crippen molar-refractivity contribution in [3.63, 3.8) is 0 Å². The van der Waals surface area contributed by atoms with E-state index in [9.17, 15) is 0 Å². The second-order valence-electron chi connectivity index (χ2n) is 5.54. The predicted molar refractivity (Wildman–Crippen MR) is 83.1 cm³/mol. The second kappa shape index (κ2) is 5.47. The first-order valence-corrected chi connectivity index (χ1v) is 7.87. The van der Waals surface area contributed by atoms with Crippen LogP contribution in [0.4, 0.5) is 5.00 Å². The van der Waals surface area contributed by atoms with Crippen LogP contribution in [0.2, 0.25) is 0 Å². The molecule has 0 amide bonds. The van der Waals surface area contributed by atoms with Crippen LogP contribution in [-0.4, -0.2) is 29.5 Å². The summed E-state index contributed by atoms with van der Waals surface area (Å²) in [5.41, 5.74) is 1.12. The van der Waals surface area contributed by atoms with E-state index in [1.165, 1.54) is 29.8 Å². The second-order valence-corrected chi connectivity index (χ2v) is 6.30. The van der Waals surface area contributed by atoms with E-state index in [1.54, 1.807) is 11.5 Å². The standard InChI is InChI=1S/C15H21N3S/c1-11(2)18(10-12-6-5-9-16-12)15-13-7-3-4-8-14(13)17-19-15/h3-4,7-8,11-12,16H,5-6,9-10H2,1-2H3. The molecule has 3 rings (SSSR count). The van der Waals surface area contributed by atoms with Crippen molar-refractivity contribution in [1.29, 1.82) is 0 Å². The summed E-state index contributed by atoms with van der Waals surface area (Å²) >= 11 is 1.63. The zero-order chi connectivity index (χ0) is 13.2. The molecule has 1 atom stereocenters. The van der Waals surface area contributed by atoms with E-state index in [-0.39, 0.29) is 0 Å². The fourth-order valence-electron chi connectivity index (χ4n) is 2.76. The molecule has 1 N–H and O–H groups in total. The number of hydrogen-bond donors (Lipinski definition) is 1. The molecule has 3 nitrogen and oxygen atoms in total. The van der Waals surface area contributed by atoms with Gasteiger partial charge < -0.3 is 10.2 Å². The SMILES string of the molecule is CC(C)N(CC1CCCN1)c1snc2ccccc12. The van der Waals surface area contributed by atoms with Gasteiger partial charge in [-0.1, -0.05) is 12.1 Å². The average Bonchev–Trinajstić information content (AvgIpc) is 3.05. The fraction of sp³-hybridized carbons (Fsp3) is 0.533. The molecule has 1 aromatic carbocycles. The third-order valence-electron chi connectivity index (χ3n) is 3.83. The molecular weight excluding hydrogens is 254 g/mol.